The molecule has 0 unspecified atom stereocenters. The first-order valence-electron chi connectivity index (χ1n) is 13.9. The normalized spacial score (nSPS) is 14.0. The van der Waals surface area contributed by atoms with E-state index >= 15 is 0 Å². The Labute approximate surface area is 226 Å². The highest BCUT2D eigenvalue weighted by atomic mass is 19.1. The zero-order chi connectivity index (χ0) is 26.9. The van der Waals surface area contributed by atoms with Crippen molar-refractivity contribution in [3.63, 3.8) is 0 Å². The minimum absolute atomic E-state index is 0.00202. The monoisotopic (exact) mass is 517 g/mol. The Kier molecular flexibility index (Phi) is 9.74. The van der Waals surface area contributed by atoms with Crippen LogP contribution in [0.25, 0.3) is 0 Å². The SMILES string of the molecule is CC(C)CCN(CC(=O)N(Cc1cccn1Cc1ccccc1)C1CCCCC1)C(=O)c1cccc(F)c1. The molecule has 38 heavy (non-hydrogen) atoms. The lowest BCUT2D eigenvalue weighted by Gasteiger charge is -2.36. The molecule has 0 bridgehead atoms. The van der Waals surface area contributed by atoms with Crippen LogP contribution in [-0.4, -0.2) is 45.3 Å². The first-order valence-corrected chi connectivity index (χ1v) is 13.9. The number of carbonyl (C=O) groups excluding carboxylic acids is 2. The van der Waals surface area contributed by atoms with E-state index in [0.29, 0.717) is 19.0 Å². The van der Waals surface area contributed by atoms with Crippen LogP contribution < -0.4 is 0 Å². The van der Waals surface area contributed by atoms with E-state index in [1.807, 2.05) is 29.2 Å². The molecule has 1 saturated carbocycles. The molecule has 1 aliphatic rings. The number of hydrogen-bond donors (Lipinski definition) is 0. The molecular weight excluding hydrogens is 477 g/mol. The third-order valence-electron chi connectivity index (χ3n) is 7.45. The molecular formula is C32H40FN3O2. The van der Waals surface area contributed by atoms with Crippen LogP contribution in [0.2, 0.25) is 0 Å². The van der Waals surface area contributed by atoms with E-state index in [9.17, 15) is 14.0 Å². The van der Waals surface area contributed by atoms with Gasteiger partial charge < -0.3 is 14.4 Å². The molecule has 1 fully saturated rings. The van der Waals surface area contributed by atoms with E-state index in [1.54, 1.807) is 17.0 Å². The minimum Gasteiger partial charge on any atom is -0.345 e. The maximum Gasteiger partial charge on any atom is 0.254 e. The summed E-state index contributed by atoms with van der Waals surface area (Å²) in [6, 6.07) is 20.3. The standard InChI is InChI=1S/C32H40FN3O2/c1-25(2)18-20-35(32(38)27-13-9-14-28(33)21-27)24-31(37)36(29-15-7-4-8-16-29)23-30-17-10-19-34(30)22-26-11-5-3-6-12-26/h3,5-6,9-14,17,19,21,25,29H,4,7-8,15-16,18,20,22-24H2,1-2H3. The molecule has 0 aliphatic heterocycles. The Morgan fingerprint density at radius 1 is 0.974 bits per heavy atom. The molecule has 5 nitrogen and oxygen atoms in total. The van der Waals surface area contributed by atoms with E-state index in [0.717, 1.165) is 44.3 Å². The Morgan fingerprint density at radius 3 is 2.45 bits per heavy atom. The molecule has 0 N–H and O–H groups in total. The van der Waals surface area contributed by atoms with Crippen LogP contribution in [0.4, 0.5) is 4.39 Å². The molecule has 0 atom stereocenters. The lowest BCUT2D eigenvalue weighted by molar-refractivity contribution is -0.135. The summed E-state index contributed by atoms with van der Waals surface area (Å²) >= 11 is 0. The fourth-order valence-corrected chi connectivity index (χ4v) is 5.24. The number of carbonyl (C=O) groups is 2. The molecule has 1 aliphatic carbocycles. The van der Waals surface area contributed by atoms with E-state index in [1.165, 1.54) is 24.1 Å². The molecule has 4 rings (SSSR count). The average molecular weight is 518 g/mol. The van der Waals surface area contributed by atoms with Crippen LogP contribution >= 0.6 is 0 Å². The highest BCUT2D eigenvalue weighted by molar-refractivity contribution is 5.96. The van der Waals surface area contributed by atoms with Gasteiger partial charge in [-0.05, 0) is 61.1 Å². The summed E-state index contributed by atoms with van der Waals surface area (Å²) in [6.07, 6.45) is 8.22. The molecule has 1 aromatic heterocycles. The van der Waals surface area contributed by atoms with Gasteiger partial charge in [-0.15, -0.1) is 0 Å². The number of rotatable bonds is 11. The second-order valence-corrected chi connectivity index (χ2v) is 10.8. The maximum atomic E-state index is 13.9. The first-order chi connectivity index (χ1) is 18.4. The maximum absolute atomic E-state index is 13.9. The highest BCUT2D eigenvalue weighted by Crippen LogP contribution is 2.25. The van der Waals surface area contributed by atoms with Crippen LogP contribution in [0.3, 0.4) is 0 Å². The van der Waals surface area contributed by atoms with Crippen LogP contribution in [0.1, 0.15) is 74.0 Å². The van der Waals surface area contributed by atoms with Gasteiger partial charge in [0.1, 0.15) is 12.4 Å². The van der Waals surface area contributed by atoms with Gasteiger partial charge in [-0.25, -0.2) is 4.39 Å². The number of nitrogens with zero attached hydrogens (tertiary/aromatic N) is 3. The van der Waals surface area contributed by atoms with Gasteiger partial charge in [0.05, 0.1) is 6.54 Å². The predicted molar refractivity (Wildman–Crippen MR) is 149 cm³/mol. The van der Waals surface area contributed by atoms with Crippen LogP contribution in [-0.2, 0) is 17.9 Å². The van der Waals surface area contributed by atoms with Crippen molar-refractivity contribution in [2.45, 2.75) is 71.5 Å². The Bertz CT molecular complexity index is 1180. The van der Waals surface area contributed by atoms with Crippen molar-refractivity contribution < 1.29 is 14.0 Å². The summed E-state index contributed by atoms with van der Waals surface area (Å²) in [4.78, 5) is 31.0. The van der Waals surface area contributed by atoms with Crippen molar-refractivity contribution in [3.05, 3.63) is 95.6 Å². The average Bonchev–Trinajstić information content (AvgIpc) is 3.36. The van der Waals surface area contributed by atoms with Gasteiger partial charge >= 0.3 is 0 Å². The third kappa shape index (κ3) is 7.56. The quantitative estimate of drug-likeness (QED) is 0.290. The molecule has 2 amide bonds. The molecule has 3 aromatic rings. The van der Waals surface area contributed by atoms with Gasteiger partial charge in [-0.1, -0.05) is 69.5 Å². The zero-order valence-corrected chi connectivity index (χ0v) is 22.7. The number of aromatic nitrogens is 1. The highest BCUT2D eigenvalue weighted by Gasteiger charge is 2.29. The first kappa shape index (κ1) is 27.6. The Hall–Kier alpha value is -3.41. The van der Waals surface area contributed by atoms with Crippen molar-refractivity contribution in [2.75, 3.05) is 13.1 Å². The Morgan fingerprint density at radius 2 is 1.74 bits per heavy atom. The van der Waals surface area contributed by atoms with Gasteiger partial charge in [0.25, 0.3) is 5.91 Å². The van der Waals surface area contributed by atoms with Gasteiger partial charge in [-0.2, -0.15) is 0 Å². The van der Waals surface area contributed by atoms with E-state index < -0.39 is 5.82 Å². The second-order valence-electron chi connectivity index (χ2n) is 10.8. The van der Waals surface area contributed by atoms with Crippen molar-refractivity contribution >= 4 is 11.8 Å². The lowest BCUT2D eigenvalue weighted by atomic mass is 9.94. The summed E-state index contributed by atoms with van der Waals surface area (Å²) in [6.45, 7) is 5.91. The molecule has 6 heteroatoms. The lowest BCUT2D eigenvalue weighted by Crippen LogP contribution is -2.48. The summed E-state index contributed by atoms with van der Waals surface area (Å²) < 4.78 is 16.1. The molecule has 0 spiro atoms. The number of amides is 2. The van der Waals surface area contributed by atoms with E-state index in [2.05, 4.69) is 42.8 Å². The fourth-order valence-electron chi connectivity index (χ4n) is 5.24. The molecule has 0 radical (unpaired) electrons. The molecule has 2 aromatic carbocycles. The van der Waals surface area contributed by atoms with E-state index in [-0.39, 0.29) is 30.0 Å². The third-order valence-corrected chi connectivity index (χ3v) is 7.45. The second kappa shape index (κ2) is 13.4. The smallest absolute Gasteiger partial charge is 0.254 e. The van der Waals surface area contributed by atoms with Gasteiger partial charge in [0.15, 0.2) is 0 Å². The summed E-state index contributed by atoms with van der Waals surface area (Å²) in [5, 5.41) is 0. The molecule has 1 heterocycles. The molecule has 202 valence electrons. The minimum atomic E-state index is -0.450. The largest absolute Gasteiger partial charge is 0.345 e. The van der Waals surface area contributed by atoms with Gasteiger partial charge in [0.2, 0.25) is 5.91 Å². The van der Waals surface area contributed by atoms with Crippen LogP contribution in [0.5, 0.6) is 0 Å². The Balaban J connectivity index is 1.55. The van der Waals surface area contributed by atoms with Crippen molar-refractivity contribution in [3.8, 4) is 0 Å². The number of halogens is 1. The van der Waals surface area contributed by atoms with Crippen molar-refractivity contribution in [2.24, 2.45) is 5.92 Å². The van der Waals surface area contributed by atoms with Gasteiger partial charge in [-0.3, -0.25) is 9.59 Å². The van der Waals surface area contributed by atoms with E-state index in [4.69, 9.17) is 0 Å². The topological polar surface area (TPSA) is 45.6 Å². The molecule has 0 saturated heterocycles. The van der Waals surface area contributed by atoms with Crippen molar-refractivity contribution in [1.29, 1.82) is 0 Å². The zero-order valence-electron chi connectivity index (χ0n) is 22.7. The number of hydrogen-bond acceptors (Lipinski definition) is 2. The fraction of sp³-hybridized carbons (Fsp3) is 0.438. The summed E-state index contributed by atoms with van der Waals surface area (Å²) in [5.41, 5.74) is 2.57. The van der Waals surface area contributed by atoms with Crippen LogP contribution in [0.15, 0.2) is 72.9 Å². The van der Waals surface area contributed by atoms with Crippen LogP contribution in [0, 0.1) is 11.7 Å². The van der Waals surface area contributed by atoms with Crippen molar-refractivity contribution in [1.82, 2.24) is 14.4 Å². The number of benzene rings is 2. The summed E-state index contributed by atoms with van der Waals surface area (Å²) in [7, 11) is 0. The predicted octanol–water partition coefficient (Wildman–Crippen LogP) is 6.53. The van der Waals surface area contributed by atoms with Gasteiger partial charge in [0, 0.05) is 36.6 Å². The summed E-state index contributed by atoms with van der Waals surface area (Å²) in [5.74, 6) is -0.412.